The van der Waals surface area contributed by atoms with E-state index in [0.29, 0.717) is 0 Å². The molecule has 0 aliphatic carbocycles. The van der Waals surface area contributed by atoms with Gasteiger partial charge in [-0.05, 0) is 22.4 Å². The lowest BCUT2D eigenvalue weighted by Gasteiger charge is -2.28. The number of aromatic nitrogens is 2. The lowest BCUT2D eigenvalue weighted by Crippen LogP contribution is -2.33. The van der Waals surface area contributed by atoms with Gasteiger partial charge in [-0.3, -0.25) is 0 Å². The quantitative estimate of drug-likeness (QED) is 0.924. The second kappa shape index (κ2) is 6.44. The van der Waals surface area contributed by atoms with E-state index in [9.17, 15) is 0 Å². The van der Waals surface area contributed by atoms with Crippen LogP contribution in [0.25, 0.3) is 0 Å². The Morgan fingerprint density at radius 1 is 1.47 bits per heavy atom. The van der Waals surface area contributed by atoms with Gasteiger partial charge >= 0.3 is 0 Å². The first-order chi connectivity index (χ1) is 8.31. The van der Waals surface area contributed by atoms with Crippen LogP contribution in [0.1, 0.15) is 13.3 Å². The molecule has 0 radical (unpaired) electrons. The lowest BCUT2D eigenvalue weighted by atomic mass is 10.4. The van der Waals surface area contributed by atoms with Crippen molar-refractivity contribution in [3.63, 3.8) is 0 Å². The first-order valence-corrected chi connectivity index (χ1v) is 7.85. The summed E-state index contributed by atoms with van der Waals surface area (Å²) in [5.41, 5.74) is 0. The smallest absolute Gasteiger partial charge is 0.224 e. The third-order valence-electron chi connectivity index (χ3n) is 2.57. The Bertz CT molecular complexity index is 368. The van der Waals surface area contributed by atoms with Crippen molar-refractivity contribution in [3.05, 3.63) is 10.7 Å². The maximum atomic E-state index is 4.58. The van der Waals surface area contributed by atoms with E-state index in [1.165, 1.54) is 11.5 Å². The van der Waals surface area contributed by atoms with Gasteiger partial charge < -0.3 is 10.2 Å². The first-order valence-electron chi connectivity index (χ1n) is 5.90. The molecule has 2 heterocycles. The molecule has 1 aliphatic rings. The van der Waals surface area contributed by atoms with E-state index in [0.717, 1.165) is 42.3 Å². The summed E-state index contributed by atoms with van der Waals surface area (Å²) in [5.74, 6) is 4.09. The van der Waals surface area contributed by atoms with Crippen LogP contribution in [0, 0.1) is 0 Å². The van der Waals surface area contributed by atoms with E-state index >= 15 is 0 Å². The van der Waals surface area contributed by atoms with Gasteiger partial charge in [0.1, 0.15) is 5.82 Å². The molecule has 0 unspecified atom stereocenters. The number of nitrogens with zero attached hydrogens (tertiary/aromatic N) is 3. The third-order valence-corrected chi connectivity index (χ3v) is 4.07. The summed E-state index contributed by atoms with van der Waals surface area (Å²) in [4.78, 5) is 11.2. The number of nitrogens with one attached hydrogen (secondary N) is 1. The molecule has 0 amide bonds. The Balaban J connectivity index is 2.13. The van der Waals surface area contributed by atoms with E-state index in [2.05, 4.69) is 43.0 Å². The van der Waals surface area contributed by atoms with Gasteiger partial charge in [0.05, 0.1) is 4.47 Å². The lowest BCUT2D eigenvalue weighted by molar-refractivity contribution is 0.829. The molecule has 94 valence electrons. The van der Waals surface area contributed by atoms with Crippen LogP contribution in [0.2, 0.25) is 0 Å². The number of hydrogen-bond acceptors (Lipinski definition) is 5. The van der Waals surface area contributed by atoms with Gasteiger partial charge in [0.2, 0.25) is 5.95 Å². The molecule has 1 N–H and O–H groups in total. The fourth-order valence-corrected chi connectivity index (χ4v) is 3.02. The summed E-state index contributed by atoms with van der Waals surface area (Å²) in [7, 11) is 0. The molecule has 0 saturated carbocycles. The maximum Gasteiger partial charge on any atom is 0.224 e. The molecule has 0 aromatic carbocycles. The summed E-state index contributed by atoms with van der Waals surface area (Å²) < 4.78 is 0.978. The van der Waals surface area contributed by atoms with Crippen molar-refractivity contribution in [2.75, 3.05) is 41.4 Å². The van der Waals surface area contributed by atoms with Crippen LogP contribution in [0.5, 0.6) is 0 Å². The van der Waals surface area contributed by atoms with Crippen LogP contribution in [-0.4, -0.2) is 41.1 Å². The van der Waals surface area contributed by atoms with E-state index < -0.39 is 0 Å². The Morgan fingerprint density at radius 3 is 2.94 bits per heavy atom. The highest BCUT2D eigenvalue weighted by atomic mass is 79.9. The van der Waals surface area contributed by atoms with Crippen molar-refractivity contribution in [3.8, 4) is 0 Å². The van der Waals surface area contributed by atoms with Gasteiger partial charge in [0.15, 0.2) is 0 Å². The zero-order valence-corrected chi connectivity index (χ0v) is 12.4. The topological polar surface area (TPSA) is 41.1 Å². The largest absolute Gasteiger partial charge is 0.354 e. The Morgan fingerprint density at radius 2 is 2.24 bits per heavy atom. The summed E-state index contributed by atoms with van der Waals surface area (Å²) in [6, 6.07) is 0. The zero-order valence-electron chi connectivity index (χ0n) is 9.95. The third kappa shape index (κ3) is 3.48. The molecule has 4 nitrogen and oxygen atoms in total. The molecular weight excluding hydrogens is 300 g/mol. The molecule has 0 spiro atoms. The van der Waals surface area contributed by atoms with E-state index in [-0.39, 0.29) is 0 Å². The van der Waals surface area contributed by atoms with Gasteiger partial charge in [-0.1, -0.05) is 6.92 Å². The fourth-order valence-electron chi connectivity index (χ4n) is 1.68. The minimum Gasteiger partial charge on any atom is -0.354 e. The van der Waals surface area contributed by atoms with Crippen molar-refractivity contribution in [1.29, 1.82) is 0 Å². The molecule has 17 heavy (non-hydrogen) atoms. The van der Waals surface area contributed by atoms with Crippen molar-refractivity contribution < 1.29 is 0 Å². The number of halogens is 1. The van der Waals surface area contributed by atoms with Crippen LogP contribution >= 0.6 is 27.7 Å². The summed E-state index contributed by atoms with van der Waals surface area (Å²) >= 11 is 5.53. The Labute approximate surface area is 115 Å². The molecule has 2 rings (SSSR count). The predicted molar refractivity (Wildman–Crippen MR) is 78.1 cm³/mol. The van der Waals surface area contributed by atoms with E-state index in [1.54, 1.807) is 0 Å². The molecule has 0 atom stereocenters. The van der Waals surface area contributed by atoms with Crippen LogP contribution in [0.3, 0.4) is 0 Å². The summed E-state index contributed by atoms with van der Waals surface area (Å²) in [6.45, 7) is 5.17. The maximum absolute atomic E-state index is 4.58. The average molecular weight is 317 g/mol. The highest BCUT2D eigenvalue weighted by molar-refractivity contribution is 9.10. The number of hydrogen-bond donors (Lipinski definition) is 1. The molecule has 1 saturated heterocycles. The highest BCUT2D eigenvalue weighted by Gasteiger charge is 2.16. The Hall–Kier alpha value is -0.490. The minimum atomic E-state index is 0.725. The van der Waals surface area contributed by atoms with E-state index in [4.69, 9.17) is 0 Å². The van der Waals surface area contributed by atoms with Crippen molar-refractivity contribution in [1.82, 2.24) is 9.97 Å². The first kappa shape index (κ1) is 13.0. The van der Waals surface area contributed by atoms with Crippen LogP contribution in [-0.2, 0) is 0 Å². The predicted octanol–water partition coefficient (Wildman–Crippen LogP) is 2.61. The number of thioether (sulfide) groups is 1. The average Bonchev–Trinajstić information content (AvgIpc) is 2.39. The summed E-state index contributed by atoms with van der Waals surface area (Å²) in [5, 5.41) is 3.23. The van der Waals surface area contributed by atoms with E-state index in [1.807, 2.05) is 18.0 Å². The monoisotopic (exact) mass is 316 g/mol. The van der Waals surface area contributed by atoms with Crippen LogP contribution in [0.15, 0.2) is 10.7 Å². The minimum absolute atomic E-state index is 0.725. The van der Waals surface area contributed by atoms with Crippen molar-refractivity contribution in [2.45, 2.75) is 13.3 Å². The highest BCUT2D eigenvalue weighted by Crippen LogP contribution is 2.26. The normalized spacial score (nSPS) is 16.0. The van der Waals surface area contributed by atoms with Crippen LogP contribution in [0.4, 0.5) is 11.8 Å². The molecule has 1 aliphatic heterocycles. The fraction of sp³-hybridized carbons (Fsp3) is 0.636. The molecule has 0 bridgehead atoms. The SMILES string of the molecule is CCCNc1ncc(Br)c(N2CCSCC2)n1. The molecule has 1 fully saturated rings. The second-order valence-electron chi connectivity index (χ2n) is 3.89. The number of rotatable bonds is 4. The van der Waals surface area contributed by atoms with Crippen molar-refractivity contribution in [2.24, 2.45) is 0 Å². The molecule has 1 aromatic heterocycles. The van der Waals surface area contributed by atoms with Gasteiger partial charge in [-0.15, -0.1) is 0 Å². The molecule has 1 aromatic rings. The van der Waals surface area contributed by atoms with Gasteiger partial charge in [0.25, 0.3) is 0 Å². The van der Waals surface area contributed by atoms with Gasteiger partial charge in [-0.25, -0.2) is 4.98 Å². The van der Waals surface area contributed by atoms with Crippen LogP contribution < -0.4 is 10.2 Å². The second-order valence-corrected chi connectivity index (χ2v) is 5.97. The molecular formula is C11H17BrN4S. The van der Waals surface area contributed by atoms with Gasteiger partial charge in [0, 0.05) is 37.3 Å². The van der Waals surface area contributed by atoms with Gasteiger partial charge in [-0.2, -0.15) is 16.7 Å². The Kier molecular flexibility index (Phi) is 4.91. The zero-order chi connectivity index (χ0) is 12.1. The summed E-state index contributed by atoms with van der Waals surface area (Å²) in [6.07, 6.45) is 2.91. The standard InChI is InChI=1S/C11H17BrN4S/c1-2-3-13-11-14-8-9(12)10(15-11)16-4-6-17-7-5-16/h8H,2-7H2,1H3,(H,13,14,15). The molecule has 6 heteroatoms. The number of anilines is 2. The van der Waals surface area contributed by atoms with Crippen molar-refractivity contribution >= 4 is 39.5 Å².